The van der Waals surface area contributed by atoms with E-state index in [1.807, 2.05) is 0 Å². The SMILES string of the molecule is NCC#Cc1cc(Cl)c(S(=O)(=O)NCC2CC2)c(Cl)c1. The fraction of sp³-hybridized carbons (Fsp3) is 0.385. The van der Waals surface area contributed by atoms with E-state index in [4.69, 9.17) is 28.9 Å². The van der Waals surface area contributed by atoms with Crippen LogP contribution >= 0.6 is 23.2 Å². The first-order valence-electron chi connectivity index (χ1n) is 6.11. The third-order valence-electron chi connectivity index (χ3n) is 2.86. The van der Waals surface area contributed by atoms with Crippen molar-refractivity contribution in [1.29, 1.82) is 0 Å². The molecule has 0 heterocycles. The van der Waals surface area contributed by atoms with Crippen molar-refractivity contribution < 1.29 is 8.42 Å². The first kappa shape index (κ1) is 15.6. The summed E-state index contributed by atoms with van der Waals surface area (Å²) < 4.78 is 26.9. The van der Waals surface area contributed by atoms with Gasteiger partial charge in [0.2, 0.25) is 10.0 Å². The highest BCUT2D eigenvalue weighted by Gasteiger charge is 2.27. The smallest absolute Gasteiger partial charge is 0.243 e. The number of sulfonamides is 1. The topological polar surface area (TPSA) is 72.2 Å². The van der Waals surface area contributed by atoms with Crippen LogP contribution in [0.3, 0.4) is 0 Å². The minimum atomic E-state index is -3.70. The predicted molar refractivity (Wildman–Crippen MR) is 80.3 cm³/mol. The molecule has 0 aromatic heterocycles. The average molecular weight is 333 g/mol. The van der Waals surface area contributed by atoms with Crippen molar-refractivity contribution in [2.75, 3.05) is 13.1 Å². The maximum Gasteiger partial charge on any atom is 0.243 e. The zero-order chi connectivity index (χ0) is 14.8. The molecule has 2 rings (SSSR count). The van der Waals surface area contributed by atoms with Crippen molar-refractivity contribution in [3.63, 3.8) is 0 Å². The third kappa shape index (κ3) is 3.87. The van der Waals surface area contributed by atoms with Crippen molar-refractivity contribution in [2.24, 2.45) is 11.7 Å². The summed E-state index contributed by atoms with van der Waals surface area (Å²) in [5, 5.41) is 0.115. The third-order valence-corrected chi connectivity index (χ3v) is 5.21. The highest BCUT2D eigenvalue weighted by molar-refractivity contribution is 7.89. The molecule has 108 valence electrons. The summed E-state index contributed by atoms with van der Waals surface area (Å²) in [6.07, 6.45) is 2.11. The van der Waals surface area contributed by atoms with Crippen molar-refractivity contribution in [1.82, 2.24) is 4.72 Å². The van der Waals surface area contributed by atoms with Gasteiger partial charge in [0.1, 0.15) is 4.90 Å². The first-order valence-corrected chi connectivity index (χ1v) is 8.35. The number of benzene rings is 1. The Morgan fingerprint density at radius 1 is 1.30 bits per heavy atom. The van der Waals surface area contributed by atoms with E-state index in [1.54, 1.807) is 0 Å². The average Bonchev–Trinajstić information content (AvgIpc) is 3.17. The number of halogens is 2. The lowest BCUT2D eigenvalue weighted by Crippen LogP contribution is -2.26. The number of rotatable bonds is 4. The normalized spacial score (nSPS) is 14.8. The van der Waals surface area contributed by atoms with Crippen LogP contribution in [0.1, 0.15) is 18.4 Å². The Balaban J connectivity index is 2.30. The molecule has 0 atom stereocenters. The highest BCUT2D eigenvalue weighted by atomic mass is 35.5. The number of hydrogen-bond acceptors (Lipinski definition) is 3. The molecule has 1 saturated carbocycles. The summed E-state index contributed by atoms with van der Waals surface area (Å²) in [7, 11) is -3.70. The quantitative estimate of drug-likeness (QED) is 0.828. The van der Waals surface area contributed by atoms with Gasteiger partial charge in [-0.05, 0) is 30.9 Å². The van der Waals surface area contributed by atoms with E-state index in [9.17, 15) is 8.42 Å². The number of nitrogens with one attached hydrogen (secondary N) is 1. The molecule has 0 spiro atoms. The first-order chi connectivity index (χ1) is 9.44. The Hall–Kier alpha value is -0.770. The standard InChI is InChI=1S/C13H14Cl2N2O2S/c14-11-6-10(2-1-5-16)7-12(15)13(11)20(18,19)17-8-9-3-4-9/h6-7,9,17H,3-5,8,16H2. The van der Waals surface area contributed by atoms with Crippen LogP contribution in [0.2, 0.25) is 10.0 Å². The van der Waals surface area contributed by atoms with Gasteiger partial charge in [0.05, 0.1) is 16.6 Å². The maximum absolute atomic E-state index is 12.2. The van der Waals surface area contributed by atoms with E-state index in [2.05, 4.69) is 16.6 Å². The lowest BCUT2D eigenvalue weighted by molar-refractivity contribution is 0.577. The second kappa shape index (κ2) is 6.33. The molecule has 0 amide bonds. The molecule has 0 radical (unpaired) electrons. The number of nitrogens with two attached hydrogens (primary N) is 1. The molecule has 1 aromatic carbocycles. The molecule has 0 aliphatic heterocycles. The van der Waals surface area contributed by atoms with E-state index < -0.39 is 10.0 Å². The van der Waals surface area contributed by atoms with Crippen molar-refractivity contribution in [3.05, 3.63) is 27.7 Å². The maximum atomic E-state index is 12.2. The Bertz CT molecular complexity index is 650. The predicted octanol–water partition coefficient (Wildman–Crippen LogP) is 1.99. The fourth-order valence-electron chi connectivity index (χ4n) is 1.66. The minimum absolute atomic E-state index is 0.0575. The molecule has 1 aliphatic carbocycles. The van der Waals surface area contributed by atoms with Gasteiger partial charge < -0.3 is 5.73 Å². The van der Waals surface area contributed by atoms with Crippen LogP contribution in [0, 0.1) is 17.8 Å². The van der Waals surface area contributed by atoms with E-state index in [0.717, 1.165) is 12.8 Å². The molecule has 7 heteroatoms. The van der Waals surface area contributed by atoms with Gasteiger partial charge in [-0.1, -0.05) is 35.0 Å². The molecule has 0 bridgehead atoms. The van der Waals surface area contributed by atoms with Crippen LogP contribution in [0.25, 0.3) is 0 Å². The zero-order valence-electron chi connectivity index (χ0n) is 10.6. The fourth-order valence-corrected chi connectivity index (χ4v) is 3.99. The van der Waals surface area contributed by atoms with E-state index in [-0.39, 0.29) is 21.5 Å². The summed E-state index contributed by atoms with van der Waals surface area (Å²) >= 11 is 12.1. The zero-order valence-corrected chi connectivity index (χ0v) is 12.9. The Labute approximate surface area is 128 Å². The molecule has 1 aromatic rings. The summed E-state index contributed by atoms with van der Waals surface area (Å²) in [6.45, 7) is 0.627. The molecule has 0 unspecified atom stereocenters. The number of hydrogen-bond donors (Lipinski definition) is 2. The summed E-state index contributed by atoms with van der Waals surface area (Å²) in [6, 6.07) is 2.95. The van der Waals surface area contributed by atoms with Crippen LogP contribution in [-0.4, -0.2) is 21.5 Å². The van der Waals surface area contributed by atoms with Crippen LogP contribution < -0.4 is 10.5 Å². The van der Waals surface area contributed by atoms with Gasteiger partial charge in [-0.15, -0.1) is 0 Å². The molecular formula is C13H14Cl2N2O2S. The lowest BCUT2D eigenvalue weighted by Gasteiger charge is -2.10. The van der Waals surface area contributed by atoms with E-state index in [1.165, 1.54) is 12.1 Å². The Morgan fingerprint density at radius 2 is 1.90 bits per heavy atom. The van der Waals surface area contributed by atoms with Crippen LogP contribution in [0.5, 0.6) is 0 Å². The van der Waals surface area contributed by atoms with Crippen LogP contribution in [0.4, 0.5) is 0 Å². The summed E-state index contributed by atoms with van der Waals surface area (Å²) in [5.74, 6) is 5.85. The van der Waals surface area contributed by atoms with Gasteiger partial charge in [-0.3, -0.25) is 0 Å². The van der Waals surface area contributed by atoms with Gasteiger partial charge in [0, 0.05) is 12.1 Å². The monoisotopic (exact) mass is 332 g/mol. The van der Waals surface area contributed by atoms with Crippen molar-refractivity contribution in [2.45, 2.75) is 17.7 Å². The van der Waals surface area contributed by atoms with Crippen molar-refractivity contribution >= 4 is 33.2 Å². The Morgan fingerprint density at radius 3 is 2.40 bits per heavy atom. The highest BCUT2D eigenvalue weighted by Crippen LogP contribution is 2.32. The van der Waals surface area contributed by atoms with Gasteiger partial charge in [-0.2, -0.15) is 0 Å². The summed E-state index contributed by atoms with van der Waals surface area (Å²) in [4.78, 5) is -0.0974. The van der Waals surface area contributed by atoms with Crippen molar-refractivity contribution in [3.8, 4) is 11.8 Å². The van der Waals surface area contributed by atoms with Gasteiger partial charge in [0.15, 0.2) is 0 Å². The minimum Gasteiger partial charge on any atom is -0.320 e. The second-order valence-electron chi connectivity index (χ2n) is 4.57. The molecule has 1 aliphatic rings. The molecule has 4 nitrogen and oxygen atoms in total. The van der Waals surface area contributed by atoms with Crippen LogP contribution in [-0.2, 0) is 10.0 Å². The van der Waals surface area contributed by atoms with Gasteiger partial charge in [0.25, 0.3) is 0 Å². The Kier molecular flexibility index (Phi) is 4.95. The molecule has 20 heavy (non-hydrogen) atoms. The lowest BCUT2D eigenvalue weighted by atomic mass is 10.2. The van der Waals surface area contributed by atoms with E-state index in [0.29, 0.717) is 18.0 Å². The molecule has 1 fully saturated rings. The van der Waals surface area contributed by atoms with Gasteiger partial charge in [-0.25, -0.2) is 13.1 Å². The van der Waals surface area contributed by atoms with Crippen LogP contribution in [0.15, 0.2) is 17.0 Å². The molecule has 3 N–H and O–H groups in total. The van der Waals surface area contributed by atoms with E-state index >= 15 is 0 Å². The second-order valence-corrected chi connectivity index (χ2v) is 7.09. The molecular weight excluding hydrogens is 319 g/mol. The largest absolute Gasteiger partial charge is 0.320 e. The summed E-state index contributed by atoms with van der Waals surface area (Å²) in [5.41, 5.74) is 5.81. The van der Waals surface area contributed by atoms with Gasteiger partial charge >= 0.3 is 0 Å². The molecule has 0 saturated heterocycles.